The zero-order chi connectivity index (χ0) is 15.1. The Morgan fingerprint density at radius 2 is 1.84 bits per heavy atom. The number of carbonyl (C=O) groups excluding carboxylic acids is 1. The van der Waals surface area contributed by atoms with Gasteiger partial charge in [-0.1, -0.05) is 27.2 Å². The second-order valence-electron chi connectivity index (χ2n) is 6.18. The Hall–Kier alpha value is -0.613. The Morgan fingerprint density at radius 3 is 2.32 bits per heavy atom. The molecular weight excluding hydrogens is 256 g/mol. The van der Waals surface area contributed by atoms with Gasteiger partial charge in [-0.05, 0) is 44.0 Å². The number of esters is 1. The first-order valence-electron chi connectivity index (χ1n) is 7.14. The molecule has 0 bridgehead atoms. The van der Waals surface area contributed by atoms with E-state index >= 15 is 0 Å². The molecule has 0 N–H and O–H groups in total. The van der Waals surface area contributed by atoms with E-state index in [1.807, 2.05) is 6.92 Å². The smallest absolute Gasteiger partial charge is 0.330 e. The molecule has 0 aliphatic heterocycles. The third kappa shape index (κ3) is 6.39. The summed E-state index contributed by atoms with van der Waals surface area (Å²) in [5.41, 5.74) is 0.923. The molecule has 0 aliphatic rings. The van der Waals surface area contributed by atoms with Gasteiger partial charge in [0, 0.05) is 6.08 Å². The van der Waals surface area contributed by atoms with Crippen LogP contribution in [0.25, 0.3) is 0 Å². The van der Waals surface area contributed by atoms with Gasteiger partial charge < -0.3 is 9.16 Å². The van der Waals surface area contributed by atoms with E-state index in [0.717, 1.165) is 5.57 Å². The molecule has 0 atom stereocenters. The van der Waals surface area contributed by atoms with Gasteiger partial charge in [-0.3, -0.25) is 0 Å². The first-order valence-corrected chi connectivity index (χ1v) is 10.0. The standard InChI is InChI=1S/C15H30O3Si/c1-8-10-15(4,5)19(6,7)18-12-13(3)11-14(16)17-9-2/h11H,8-10,12H2,1-7H3. The van der Waals surface area contributed by atoms with Gasteiger partial charge in [-0.15, -0.1) is 0 Å². The highest BCUT2D eigenvalue weighted by atomic mass is 28.4. The predicted molar refractivity (Wildman–Crippen MR) is 82.8 cm³/mol. The van der Waals surface area contributed by atoms with Gasteiger partial charge in [0.05, 0.1) is 13.2 Å². The molecule has 0 aromatic heterocycles. The zero-order valence-electron chi connectivity index (χ0n) is 13.6. The fraction of sp³-hybridized carbons (Fsp3) is 0.800. The van der Waals surface area contributed by atoms with Crippen LogP contribution in [0.4, 0.5) is 0 Å². The van der Waals surface area contributed by atoms with E-state index in [1.165, 1.54) is 18.9 Å². The number of hydrogen-bond donors (Lipinski definition) is 0. The molecule has 112 valence electrons. The monoisotopic (exact) mass is 286 g/mol. The fourth-order valence-electron chi connectivity index (χ4n) is 1.84. The average molecular weight is 286 g/mol. The molecule has 0 aliphatic carbocycles. The van der Waals surface area contributed by atoms with Crippen molar-refractivity contribution in [2.75, 3.05) is 13.2 Å². The van der Waals surface area contributed by atoms with Crippen LogP contribution in [0.3, 0.4) is 0 Å². The zero-order valence-corrected chi connectivity index (χ0v) is 14.6. The van der Waals surface area contributed by atoms with Gasteiger partial charge in [0.1, 0.15) is 0 Å². The fourth-order valence-corrected chi connectivity index (χ4v) is 3.67. The van der Waals surface area contributed by atoms with Crippen LogP contribution in [0.15, 0.2) is 11.6 Å². The lowest BCUT2D eigenvalue weighted by molar-refractivity contribution is -0.137. The molecule has 0 aromatic rings. The quantitative estimate of drug-likeness (QED) is 0.379. The van der Waals surface area contributed by atoms with Gasteiger partial charge in [-0.25, -0.2) is 4.79 Å². The van der Waals surface area contributed by atoms with Gasteiger partial charge >= 0.3 is 5.97 Å². The summed E-state index contributed by atoms with van der Waals surface area (Å²) in [6, 6.07) is 0. The van der Waals surface area contributed by atoms with Crippen molar-refractivity contribution in [3.05, 3.63) is 11.6 Å². The van der Waals surface area contributed by atoms with E-state index in [2.05, 4.69) is 33.9 Å². The molecule has 0 fully saturated rings. The highest BCUT2D eigenvalue weighted by Crippen LogP contribution is 2.42. The van der Waals surface area contributed by atoms with Crippen LogP contribution >= 0.6 is 0 Å². The van der Waals surface area contributed by atoms with Crippen LogP contribution in [0.1, 0.15) is 47.5 Å². The summed E-state index contributed by atoms with van der Waals surface area (Å²) in [7, 11) is -1.78. The first kappa shape index (κ1) is 18.4. The van der Waals surface area contributed by atoms with Crippen molar-refractivity contribution in [1.82, 2.24) is 0 Å². The van der Waals surface area contributed by atoms with Crippen LogP contribution in [0.2, 0.25) is 18.1 Å². The van der Waals surface area contributed by atoms with E-state index in [-0.39, 0.29) is 11.0 Å². The number of rotatable bonds is 8. The lowest BCUT2D eigenvalue weighted by Gasteiger charge is -2.39. The number of hydrogen-bond acceptors (Lipinski definition) is 3. The molecule has 0 amide bonds. The molecule has 0 saturated heterocycles. The number of carbonyl (C=O) groups is 1. The predicted octanol–water partition coefficient (Wildman–Crippen LogP) is 4.30. The third-order valence-electron chi connectivity index (χ3n) is 3.82. The van der Waals surface area contributed by atoms with Crippen molar-refractivity contribution in [3.63, 3.8) is 0 Å². The summed E-state index contributed by atoms with van der Waals surface area (Å²) in [6.07, 6.45) is 3.87. The SMILES string of the molecule is CCCC(C)(C)[Si](C)(C)OCC(C)=CC(=O)OCC. The maximum atomic E-state index is 11.3. The molecule has 0 spiro atoms. The van der Waals surface area contributed by atoms with Crippen molar-refractivity contribution in [2.45, 2.75) is 65.6 Å². The minimum absolute atomic E-state index is 0.242. The topological polar surface area (TPSA) is 35.5 Å². The molecule has 0 aromatic carbocycles. The minimum atomic E-state index is -1.78. The van der Waals surface area contributed by atoms with Crippen LogP contribution in [0, 0.1) is 0 Å². The lowest BCUT2D eigenvalue weighted by Crippen LogP contribution is -2.42. The second-order valence-corrected chi connectivity index (χ2v) is 10.8. The van der Waals surface area contributed by atoms with Gasteiger partial charge in [-0.2, -0.15) is 0 Å². The summed E-state index contributed by atoms with van der Waals surface area (Å²) in [5, 5.41) is 0.242. The maximum Gasteiger partial charge on any atom is 0.330 e. The Labute approximate surface area is 119 Å². The van der Waals surface area contributed by atoms with E-state index in [1.54, 1.807) is 6.92 Å². The Bertz CT molecular complexity index is 319. The first-order chi connectivity index (χ1) is 8.66. The molecule has 0 heterocycles. The van der Waals surface area contributed by atoms with Crippen LogP contribution < -0.4 is 0 Å². The minimum Gasteiger partial charge on any atom is -0.463 e. The Kier molecular flexibility index (Phi) is 7.60. The van der Waals surface area contributed by atoms with Gasteiger partial charge in [0.15, 0.2) is 8.32 Å². The second kappa shape index (κ2) is 7.85. The molecular formula is C15H30O3Si. The highest BCUT2D eigenvalue weighted by Gasteiger charge is 2.40. The molecule has 4 heteroatoms. The van der Waals surface area contributed by atoms with Crippen molar-refractivity contribution in [1.29, 1.82) is 0 Å². The summed E-state index contributed by atoms with van der Waals surface area (Å²) in [5.74, 6) is -0.282. The van der Waals surface area contributed by atoms with Crippen LogP contribution in [-0.4, -0.2) is 27.5 Å². The molecule has 19 heavy (non-hydrogen) atoms. The molecule has 0 saturated carbocycles. The largest absolute Gasteiger partial charge is 0.463 e. The Morgan fingerprint density at radius 1 is 1.26 bits per heavy atom. The summed E-state index contributed by atoms with van der Waals surface area (Å²) in [6.45, 7) is 15.9. The van der Waals surface area contributed by atoms with Gasteiger partial charge in [0.2, 0.25) is 0 Å². The van der Waals surface area contributed by atoms with Crippen molar-refractivity contribution in [3.8, 4) is 0 Å². The average Bonchev–Trinajstić information content (AvgIpc) is 2.26. The van der Waals surface area contributed by atoms with E-state index in [4.69, 9.17) is 9.16 Å². The normalized spacial score (nSPS) is 13.5. The summed E-state index contributed by atoms with van der Waals surface area (Å²) in [4.78, 5) is 11.3. The Balaban J connectivity index is 4.49. The summed E-state index contributed by atoms with van der Waals surface area (Å²) < 4.78 is 11.0. The maximum absolute atomic E-state index is 11.3. The van der Waals surface area contributed by atoms with Gasteiger partial charge in [0.25, 0.3) is 0 Å². The summed E-state index contributed by atoms with van der Waals surface area (Å²) >= 11 is 0. The van der Waals surface area contributed by atoms with E-state index in [0.29, 0.717) is 13.2 Å². The highest BCUT2D eigenvalue weighted by molar-refractivity contribution is 6.74. The molecule has 0 radical (unpaired) electrons. The van der Waals surface area contributed by atoms with E-state index in [9.17, 15) is 4.79 Å². The number of ether oxygens (including phenoxy) is 1. The van der Waals surface area contributed by atoms with Crippen molar-refractivity contribution < 1.29 is 14.0 Å². The molecule has 0 unspecified atom stereocenters. The lowest BCUT2D eigenvalue weighted by atomic mass is 10.1. The van der Waals surface area contributed by atoms with E-state index < -0.39 is 8.32 Å². The van der Waals surface area contributed by atoms with Crippen LogP contribution in [0.5, 0.6) is 0 Å². The molecule has 3 nitrogen and oxygen atoms in total. The third-order valence-corrected chi connectivity index (χ3v) is 8.19. The molecule has 0 rings (SSSR count). The van der Waals surface area contributed by atoms with Crippen LogP contribution in [-0.2, 0) is 14.0 Å². The van der Waals surface area contributed by atoms with Crippen molar-refractivity contribution >= 4 is 14.3 Å². The van der Waals surface area contributed by atoms with Crippen molar-refractivity contribution in [2.24, 2.45) is 0 Å².